The Bertz CT molecular complexity index is 1230. The Morgan fingerprint density at radius 2 is 1.71 bits per heavy atom. The lowest BCUT2D eigenvalue weighted by Gasteiger charge is -2.16. The first-order chi connectivity index (χ1) is 15.1. The van der Waals surface area contributed by atoms with Crippen LogP contribution in [-0.4, -0.2) is 18.8 Å². The van der Waals surface area contributed by atoms with Crippen molar-refractivity contribution in [1.82, 2.24) is 9.88 Å². The molecule has 0 atom stereocenters. The van der Waals surface area contributed by atoms with Crippen molar-refractivity contribution in [3.8, 4) is 11.5 Å². The molecular weight excluding hydrogens is 392 g/mol. The minimum Gasteiger partial charge on any atom is -0.493 e. The normalized spacial score (nSPS) is 11.1. The van der Waals surface area contributed by atoms with Gasteiger partial charge in [-0.05, 0) is 36.8 Å². The lowest BCUT2D eigenvalue weighted by Crippen LogP contribution is -2.28. The fraction of sp³-hybridized carbons (Fsp3) is 0.240. The topological polar surface area (TPSA) is 65.6 Å². The first-order valence-electron chi connectivity index (χ1n) is 10.2. The number of fused-ring (bicyclic) bond motifs is 1. The number of furan rings is 1. The minimum absolute atomic E-state index is 0.0350. The molecule has 0 spiro atoms. The third kappa shape index (κ3) is 4.49. The summed E-state index contributed by atoms with van der Waals surface area (Å²) in [6.07, 6.45) is 1.64. The molecule has 0 saturated heterocycles. The Morgan fingerprint density at radius 3 is 2.39 bits per heavy atom. The van der Waals surface area contributed by atoms with Crippen molar-refractivity contribution >= 4 is 10.9 Å². The van der Waals surface area contributed by atoms with Crippen LogP contribution in [0, 0.1) is 6.92 Å². The number of pyridine rings is 1. The molecule has 0 radical (unpaired) electrons. The molecule has 0 unspecified atom stereocenters. The van der Waals surface area contributed by atoms with Gasteiger partial charge in [-0.25, -0.2) is 0 Å². The number of hydrogen-bond acceptors (Lipinski definition) is 5. The van der Waals surface area contributed by atoms with Crippen molar-refractivity contribution in [3.05, 3.63) is 93.7 Å². The molecule has 0 bridgehead atoms. The standard InChI is InChI=1S/C25H26N2O4/c1-17-6-8-18(9-7-17)16-27-22-13-24(30-3)23(29-2)12-19(22)11-20(25(27)28)14-26-15-21-5-4-10-31-21/h4-13,26H,14-16H2,1-3H3. The van der Waals surface area contributed by atoms with E-state index in [9.17, 15) is 4.79 Å². The summed E-state index contributed by atoms with van der Waals surface area (Å²) in [5.41, 5.74) is 3.69. The van der Waals surface area contributed by atoms with Crippen LogP contribution in [-0.2, 0) is 19.6 Å². The number of nitrogens with zero attached hydrogens (tertiary/aromatic N) is 1. The zero-order valence-corrected chi connectivity index (χ0v) is 18.0. The Labute approximate surface area is 181 Å². The fourth-order valence-electron chi connectivity index (χ4n) is 3.66. The van der Waals surface area contributed by atoms with Gasteiger partial charge >= 0.3 is 0 Å². The van der Waals surface area contributed by atoms with Gasteiger partial charge in [0.2, 0.25) is 0 Å². The minimum atomic E-state index is -0.0350. The summed E-state index contributed by atoms with van der Waals surface area (Å²) in [6.45, 7) is 3.50. The van der Waals surface area contributed by atoms with Crippen molar-refractivity contribution < 1.29 is 13.9 Å². The summed E-state index contributed by atoms with van der Waals surface area (Å²) in [6, 6.07) is 17.7. The molecule has 2 heterocycles. The molecule has 160 valence electrons. The van der Waals surface area contributed by atoms with Gasteiger partial charge in [0.05, 0.1) is 39.1 Å². The van der Waals surface area contributed by atoms with Gasteiger partial charge in [-0.3, -0.25) is 4.79 Å². The largest absolute Gasteiger partial charge is 0.493 e. The summed E-state index contributed by atoms with van der Waals surface area (Å²) in [4.78, 5) is 13.4. The van der Waals surface area contributed by atoms with Crippen molar-refractivity contribution in [1.29, 1.82) is 0 Å². The Balaban J connectivity index is 1.77. The summed E-state index contributed by atoms with van der Waals surface area (Å²) < 4.78 is 18.1. The highest BCUT2D eigenvalue weighted by Crippen LogP contribution is 2.32. The smallest absolute Gasteiger partial charge is 0.255 e. The van der Waals surface area contributed by atoms with Gasteiger partial charge in [-0.15, -0.1) is 0 Å². The lowest BCUT2D eigenvalue weighted by molar-refractivity contribution is 0.355. The molecule has 2 aromatic carbocycles. The number of ether oxygens (including phenoxy) is 2. The number of hydrogen-bond donors (Lipinski definition) is 1. The van der Waals surface area contributed by atoms with E-state index in [-0.39, 0.29) is 5.56 Å². The predicted octanol–water partition coefficient (Wildman–Crippen LogP) is 4.26. The van der Waals surface area contributed by atoms with Gasteiger partial charge in [0.1, 0.15) is 5.76 Å². The maximum absolute atomic E-state index is 13.4. The monoisotopic (exact) mass is 418 g/mol. The molecule has 6 heteroatoms. The maximum Gasteiger partial charge on any atom is 0.255 e. The summed E-state index contributed by atoms with van der Waals surface area (Å²) in [5, 5.41) is 4.21. The first kappa shape index (κ1) is 20.8. The Kier molecular flexibility index (Phi) is 6.09. The van der Waals surface area contributed by atoms with Crippen LogP contribution in [0.2, 0.25) is 0 Å². The highest BCUT2D eigenvalue weighted by atomic mass is 16.5. The number of aromatic nitrogens is 1. The molecule has 0 aliphatic rings. The molecular formula is C25H26N2O4. The number of aryl methyl sites for hydroxylation is 1. The second-order valence-electron chi connectivity index (χ2n) is 7.50. The van der Waals surface area contributed by atoms with Crippen LogP contribution in [0.1, 0.15) is 22.5 Å². The first-order valence-corrected chi connectivity index (χ1v) is 10.2. The van der Waals surface area contributed by atoms with Gasteiger partial charge in [-0.1, -0.05) is 29.8 Å². The molecule has 0 aliphatic heterocycles. The fourth-order valence-corrected chi connectivity index (χ4v) is 3.66. The molecule has 2 aromatic heterocycles. The molecule has 4 rings (SSSR count). The van der Waals surface area contributed by atoms with E-state index >= 15 is 0 Å². The van der Waals surface area contributed by atoms with E-state index in [1.54, 1.807) is 25.0 Å². The zero-order valence-electron chi connectivity index (χ0n) is 18.0. The summed E-state index contributed by atoms with van der Waals surface area (Å²) in [7, 11) is 3.21. The van der Waals surface area contributed by atoms with Gasteiger partial charge in [0, 0.05) is 23.6 Å². The van der Waals surface area contributed by atoms with Gasteiger partial charge in [0.15, 0.2) is 11.5 Å². The predicted molar refractivity (Wildman–Crippen MR) is 121 cm³/mol. The molecule has 0 saturated carbocycles. The SMILES string of the molecule is COc1cc2cc(CNCc3ccco3)c(=O)n(Cc3ccc(C)cc3)c2cc1OC. The van der Waals surface area contributed by atoms with Crippen LogP contribution in [0.25, 0.3) is 10.9 Å². The number of nitrogens with one attached hydrogen (secondary N) is 1. The average Bonchev–Trinajstić information content (AvgIpc) is 3.30. The van der Waals surface area contributed by atoms with Crippen LogP contribution in [0.5, 0.6) is 11.5 Å². The average molecular weight is 418 g/mol. The van der Waals surface area contributed by atoms with Gasteiger partial charge in [-0.2, -0.15) is 0 Å². The Hall–Kier alpha value is -3.51. The highest BCUT2D eigenvalue weighted by Gasteiger charge is 2.14. The molecule has 6 nitrogen and oxygen atoms in total. The van der Waals surface area contributed by atoms with Crippen molar-refractivity contribution in [2.45, 2.75) is 26.6 Å². The van der Waals surface area contributed by atoms with E-state index in [1.165, 1.54) is 5.56 Å². The van der Waals surface area contributed by atoms with E-state index in [0.29, 0.717) is 36.7 Å². The van der Waals surface area contributed by atoms with Gasteiger partial charge < -0.3 is 23.8 Å². The van der Waals surface area contributed by atoms with E-state index in [4.69, 9.17) is 13.9 Å². The number of benzene rings is 2. The highest BCUT2D eigenvalue weighted by molar-refractivity contribution is 5.84. The van der Waals surface area contributed by atoms with Crippen LogP contribution in [0.3, 0.4) is 0 Å². The third-order valence-corrected chi connectivity index (χ3v) is 5.33. The summed E-state index contributed by atoms with van der Waals surface area (Å²) >= 11 is 0. The van der Waals surface area contributed by atoms with E-state index < -0.39 is 0 Å². The van der Waals surface area contributed by atoms with Crippen LogP contribution in [0.4, 0.5) is 0 Å². The lowest BCUT2D eigenvalue weighted by atomic mass is 10.1. The van der Waals surface area contributed by atoms with Crippen molar-refractivity contribution in [2.75, 3.05) is 14.2 Å². The number of methoxy groups -OCH3 is 2. The maximum atomic E-state index is 13.4. The van der Waals surface area contributed by atoms with Crippen LogP contribution < -0.4 is 20.3 Å². The molecule has 31 heavy (non-hydrogen) atoms. The quantitative estimate of drug-likeness (QED) is 0.463. The second kappa shape index (κ2) is 9.10. The van der Waals surface area contributed by atoms with Crippen molar-refractivity contribution in [3.63, 3.8) is 0 Å². The van der Waals surface area contributed by atoms with E-state index in [1.807, 2.05) is 37.3 Å². The van der Waals surface area contributed by atoms with Crippen LogP contribution in [0.15, 0.2) is 70.1 Å². The molecule has 1 N–H and O–H groups in total. The Morgan fingerprint density at radius 1 is 0.968 bits per heavy atom. The van der Waals surface area contributed by atoms with Crippen molar-refractivity contribution in [2.24, 2.45) is 0 Å². The molecule has 0 aliphatic carbocycles. The van der Waals surface area contributed by atoms with Gasteiger partial charge in [0.25, 0.3) is 5.56 Å². The molecule has 0 amide bonds. The van der Waals surface area contributed by atoms with E-state index in [2.05, 4.69) is 29.6 Å². The third-order valence-electron chi connectivity index (χ3n) is 5.33. The van der Waals surface area contributed by atoms with Crippen LogP contribution >= 0.6 is 0 Å². The second-order valence-corrected chi connectivity index (χ2v) is 7.50. The summed E-state index contributed by atoms with van der Waals surface area (Å²) in [5.74, 6) is 2.05. The molecule has 0 fully saturated rings. The number of rotatable bonds is 8. The zero-order chi connectivity index (χ0) is 21.8. The molecule has 4 aromatic rings. The van der Waals surface area contributed by atoms with E-state index in [0.717, 1.165) is 22.2 Å².